The monoisotopic (exact) mass is 251 g/mol. The average molecular weight is 251 g/mol. The standard InChI is InChI=1S/C12H21N5O/c1-3-10-11(13-4-2)14-9-15-12(10)16-17-5-7-18-8-6-17/h9H,3-8H2,1-2H3,(H2,13,14,15,16). The Balaban J connectivity index is 2.12. The minimum Gasteiger partial charge on any atom is -0.379 e. The van der Waals surface area contributed by atoms with Gasteiger partial charge in [-0.25, -0.2) is 15.0 Å². The maximum absolute atomic E-state index is 5.33. The summed E-state index contributed by atoms with van der Waals surface area (Å²) in [4.78, 5) is 8.63. The van der Waals surface area contributed by atoms with E-state index in [1.54, 1.807) is 6.33 Å². The Bertz CT molecular complexity index is 379. The predicted molar refractivity (Wildman–Crippen MR) is 71.6 cm³/mol. The molecule has 0 atom stereocenters. The SMILES string of the molecule is CCNc1ncnc(NN2CCOCC2)c1CC. The summed E-state index contributed by atoms with van der Waals surface area (Å²) in [7, 11) is 0. The molecular formula is C12H21N5O. The molecule has 18 heavy (non-hydrogen) atoms. The first-order valence-corrected chi connectivity index (χ1v) is 6.52. The number of nitrogens with zero attached hydrogens (tertiary/aromatic N) is 3. The Morgan fingerprint density at radius 1 is 1.22 bits per heavy atom. The molecule has 0 saturated carbocycles. The summed E-state index contributed by atoms with van der Waals surface area (Å²) in [5.74, 6) is 1.82. The summed E-state index contributed by atoms with van der Waals surface area (Å²) in [6.07, 6.45) is 2.50. The second kappa shape index (κ2) is 6.51. The van der Waals surface area contributed by atoms with Crippen molar-refractivity contribution in [3.05, 3.63) is 11.9 Å². The number of ether oxygens (including phenoxy) is 1. The van der Waals surface area contributed by atoms with Crippen LogP contribution in [0.4, 0.5) is 11.6 Å². The number of hydrogen-bond acceptors (Lipinski definition) is 6. The lowest BCUT2D eigenvalue weighted by Gasteiger charge is -2.28. The van der Waals surface area contributed by atoms with Gasteiger partial charge >= 0.3 is 0 Å². The van der Waals surface area contributed by atoms with E-state index in [-0.39, 0.29) is 0 Å². The summed E-state index contributed by atoms with van der Waals surface area (Å²) >= 11 is 0. The lowest BCUT2D eigenvalue weighted by atomic mass is 10.2. The summed E-state index contributed by atoms with van der Waals surface area (Å²) in [6.45, 7) is 8.33. The van der Waals surface area contributed by atoms with Crippen LogP contribution in [0.2, 0.25) is 0 Å². The van der Waals surface area contributed by atoms with Crippen LogP contribution in [0.1, 0.15) is 19.4 Å². The molecule has 1 aliphatic rings. The van der Waals surface area contributed by atoms with Crippen molar-refractivity contribution < 1.29 is 4.74 Å². The van der Waals surface area contributed by atoms with Gasteiger partial charge in [-0.05, 0) is 13.3 Å². The van der Waals surface area contributed by atoms with E-state index in [2.05, 4.69) is 39.6 Å². The first-order valence-electron chi connectivity index (χ1n) is 6.52. The Morgan fingerprint density at radius 2 is 1.94 bits per heavy atom. The van der Waals surface area contributed by atoms with Crippen molar-refractivity contribution >= 4 is 11.6 Å². The molecule has 0 aliphatic carbocycles. The molecular weight excluding hydrogens is 230 g/mol. The van der Waals surface area contributed by atoms with Gasteiger partial charge in [0.2, 0.25) is 0 Å². The molecule has 0 radical (unpaired) electrons. The van der Waals surface area contributed by atoms with Crippen molar-refractivity contribution in [2.45, 2.75) is 20.3 Å². The largest absolute Gasteiger partial charge is 0.379 e. The fourth-order valence-corrected chi connectivity index (χ4v) is 1.99. The van der Waals surface area contributed by atoms with E-state index in [9.17, 15) is 0 Å². The zero-order chi connectivity index (χ0) is 12.8. The van der Waals surface area contributed by atoms with Crippen LogP contribution in [0.25, 0.3) is 0 Å². The van der Waals surface area contributed by atoms with Crippen molar-refractivity contribution in [1.82, 2.24) is 15.0 Å². The topological polar surface area (TPSA) is 62.3 Å². The van der Waals surface area contributed by atoms with E-state index >= 15 is 0 Å². The fraction of sp³-hybridized carbons (Fsp3) is 0.667. The van der Waals surface area contributed by atoms with E-state index in [1.165, 1.54) is 0 Å². The van der Waals surface area contributed by atoms with Gasteiger partial charge in [0.05, 0.1) is 13.2 Å². The van der Waals surface area contributed by atoms with Crippen molar-refractivity contribution in [1.29, 1.82) is 0 Å². The molecule has 0 bridgehead atoms. The molecule has 2 N–H and O–H groups in total. The highest BCUT2D eigenvalue weighted by molar-refractivity contribution is 5.56. The average Bonchev–Trinajstić information content (AvgIpc) is 2.41. The number of nitrogens with one attached hydrogen (secondary N) is 2. The molecule has 6 heteroatoms. The molecule has 1 aromatic rings. The summed E-state index contributed by atoms with van der Waals surface area (Å²) < 4.78 is 5.33. The third-order valence-corrected chi connectivity index (χ3v) is 2.92. The smallest absolute Gasteiger partial charge is 0.149 e. The van der Waals surface area contributed by atoms with Crippen LogP contribution in [-0.2, 0) is 11.2 Å². The molecule has 0 spiro atoms. The van der Waals surface area contributed by atoms with Crippen LogP contribution in [0.15, 0.2) is 6.33 Å². The number of hydrazine groups is 1. The Labute approximate surface area is 108 Å². The van der Waals surface area contributed by atoms with Crippen LogP contribution in [0.3, 0.4) is 0 Å². The third-order valence-electron chi connectivity index (χ3n) is 2.92. The van der Waals surface area contributed by atoms with Gasteiger partial charge in [0, 0.05) is 25.2 Å². The second-order valence-electron chi connectivity index (χ2n) is 4.14. The highest BCUT2D eigenvalue weighted by atomic mass is 16.5. The first kappa shape index (κ1) is 13.0. The summed E-state index contributed by atoms with van der Waals surface area (Å²) in [6, 6.07) is 0. The molecule has 2 rings (SSSR count). The van der Waals surface area contributed by atoms with Crippen molar-refractivity contribution in [3.63, 3.8) is 0 Å². The fourth-order valence-electron chi connectivity index (χ4n) is 1.99. The molecule has 6 nitrogen and oxygen atoms in total. The number of aromatic nitrogens is 2. The van der Waals surface area contributed by atoms with Gasteiger partial charge in [0.1, 0.15) is 18.0 Å². The summed E-state index contributed by atoms with van der Waals surface area (Å²) in [5.41, 5.74) is 4.49. The number of anilines is 2. The molecule has 100 valence electrons. The zero-order valence-electron chi connectivity index (χ0n) is 11.1. The lowest BCUT2D eigenvalue weighted by Crippen LogP contribution is -2.40. The molecule has 0 amide bonds. The predicted octanol–water partition coefficient (Wildman–Crippen LogP) is 1.13. The highest BCUT2D eigenvalue weighted by Gasteiger charge is 2.14. The minimum atomic E-state index is 0.764. The van der Waals surface area contributed by atoms with Gasteiger partial charge in [0.15, 0.2) is 0 Å². The van der Waals surface area contributed by atoms with Crippen molar-refractivity contribution in [2.24, 2.45) is 0 Å². The molecule has 1 aromatic heterocycles. The van der Waals surface area contributed by atoms with Crippen molar-refractivity contribution in [2.75, 3.05) is 43.6 Å². The summed E-state index contributed by atoms with van der Waals surface area (Å²) in [5, 5.41) is 5.41. The Kier molecular flexibility index (Phi) is 4.72. The van der Waals surface area contributed by atoms with Crippen LogP contribution in [0, 0.1) is 0 Å². The molecule has 0 aromatic carbocycles. The first-order chi connectivity index (χ1) is 8.85. The van der Waals surface area contributed by atoms with Crippen LogP contribution in [-0.4, -0.2) is 47.8 Å². The normalized spacial score (nSPS) is 16.6. The van der Waals surface area contributed by atoms with Gasteiger partial charge < -0.3 is 15.5 Å². The number of hydrogen-bond donors (Lipinski definition) is 2. The minimum absolute atomic E-state index is 0.764. The molecule has 1 aliphatic heterocycles. The lowest BCUT2D eigenvalue weighted by molar-refractivity contribution is 0.0494. The van der Waals surface area contributed by atoms with Gasteiger partial charge in [-0.15, -0.1) is 0 Å². The number of rotatable bonds is 5. The maximum Gasteiger partial charge on any atom is 0.149 e. The van der Waals surface area contributed by atoms with Crippen LogP contribution in [0.5, 0.6) is 0 Å². The van der Waals surface area contributed by atoms with Gasteiger partial charge in [-0.1, -0.05) is 6.92 Å². The van der Waals surface area contributed by atoms with Gasteiger partial charge in [0.25, 0.3) is 0 Å². The maximum atomic E-state index is 5.33. The van der Waals surface area contributed by atoms with Crippen LogP contribution >= 0.6 is 0 Å². The van der Waals surface area contributed by atoms with E-state index < -0.39 is 0 Å². The van der Waals surface area contributed by atoms with Gasteiger partial charge in [-0.2, -0.15) is 0 Å². The molecule has 2 heterocycles. The number of morpholine rings is 1. The highest BCUT2D eigenvalue weighted by Crippen LogP contribution is 2.20. The quantitative estimate of drug-likeness (QED) is 0.818. The Morgan fingerprint density at radius 3 is 2.61 bits per heavy atom. The zero-order valence-corrected chi connectivity index (χ0v) is 11.1. The van der Waals surface area contributed by atoms with Crippen LogP contribution < -0.4 is 10.7 Å². The van der Waals surface area contributed by atoms with E-state index in [4.69, 9.17) is 4.74 Å². The van der Waals surface area contributed by atoms with E-state index in [0.29, 0.717) is 0 Å². The second-order valence-corrected chi connectivity index (χ2v) is 4.14. The Hall–Kier alpha value is -1.40. The van der Waals surface area contributed by atoms with Crippen molar-refractivity contribution in [3.8, 4) is 0 Å². The molecule has 1 saturated heterocycles. The van der Waals surface area contributed by atoms with Gasteiger partial charge in [-0.3, -0.25) is 0 Å². The van der Waals surface area contributed by atoms with E-state index in [1.807, 2.05) is 0 Å². The van der Waals surface area contributed by atoms with E-state index in [0.717, 1.165) is 56.5 Å². The molecule has 0 unspecified atom stereocenters. The third kappa shape index (κ3) is 3.08. The molecule has 1 fully saturated rings.